The van der Waals surface area contributed by atoms with Crippen LogP contribution in [0, 0.1) is 17.0 Å². The second-order valence-electron chi connectivity index (χ2n) is 2.98. The summed E-state index contributed by atoms with van der Waals surface area (Å²) in [4.78, 5) is 14.1. The van der Waals surface area contributed by atoms with E-state index in [0.29, 0.717) is 11.5 Å². The van der Waals surface area contributed by atoms with E-state index in [4.69, 9.17) is 0 Å². The Morgan fingerprint density at radius 1 is 1.57 bits per heavy atom. The first-order valence-electron chi connectivity index (χ1n) is 4.51. The van der Waals surface area contributed by atoms with Crippen LogP contribution < -0.4 is 5.32 Å². The minimum Gasteiger partial charge on any atom is -0.370 e. The molecular weight excluding hydrogens is 182 g/mol. The van der Waals surface area contributed by atoms with Gasteiger partial charge in [0.25, 0.3) is 5.69 Å². The van der Waals surface area contributed by atoms with Crippen LogP contribution >= 0.6 is 0 Å². The topological polar surface area (TPSA) is 68.1 Å². The maximum atomic E-state index is 10.5. The summed E-state index contributed by atoms with van der Waals surface area (Å²) in [6.07, 6.45) is 0.998. The molecule has 0 radical (unpaired) electrons. The molecule has 0 atom stereocenters. The van der Waals surface area contributed by atoms with E-state index in [1.54, 1.807) is 13.0 Å². The zero-order valence-corrected chi connectivity index (χ0v) is 8.28. The van der Waals surface area contributed by atoms with Crippen molar-refractivity contribution in [2.45, 2.75) is 20.3 Å². The highest BCUT2D eigenvalue weighted by atomic mass is 16.6. The summed E-state index contributed by atoms with van der Waals surface area (Å²) in [5.41, 5.74) is 0.503. The first-order chi connectivity index (χ1) is 6.65. The SMILES string of the molecule is CCCNc1ccc([N+](=O)[O-])c(C)n1. The van der Waals surface area contributed by atoms with Gasteiger partial charge in [-0.1, -0.05) is 6.92 Å². The van der Waals surface area contributed by atoms with E-state index in [0.717, 1.165) is 13.0 Å². The van der Waals surface area contributed by atoms with Crippen LogP contribution in [0.15, 0.2) is 12.1 Å². The van der Waals surface area contributed by atoms with Crippen LogP contribution in [-0.2, 0) is 0 Å². The molecule has 1 aromatic heterocycles. The molecule has 0 aliphatic rings. The Balaban J connectivity index is 2.83. The Hall–Kier alpha value is -1.65. The van der Waals surface area contributed by atoms with Gasteiger partial charge in [0.2, 0.25) is 0 Å². The predicted octanol–water partition coefficient (Wildman–Crippen LogP) is 2.12. The number of aromatic nitrogens is 1. The summed E-state index contributed by atoms with van der Waals surface area (Å²) in [5, 5.41) is 13.6. The van der Waals surface area contributed by atoms with Gasteiger partial charge >= 0.3 is 0 Å². The van der Waals surface area contributed by atoms with Crippen molar-refractivity contribution < 1.29 is 4.92 Å². The van der Waals surface area contributed by atoms with Gasteiger partial charge in [0, 0.05) is 12.6 Å². The van der Waals surface area contributed by atoms with Crippen LogP contribution in [0.25, 0.3) is 0 Å². The Morgan fingerprint density at radius 3 is 2.79 bits per heavy atom. The summed E-state index contributed by atoms with van der Waals surface area (Å²) < 4.78 is 0. The zero-order chi connectivity index (χ0) is 10.6. The molecule has 5 nitrogen and oxygen atoms in total. The third kappa shape index (κ3) is 2.42. The number of hydrogen-bond acceptors (Lipinski definition) is 4. The molecule has 14 heavy (non-hydrogen) atoms. The summed E-state index contributed by atoms with van der Waals surface area (Å²) in [6.45, 7) is 4.50. The molecule has 1 heterocycles. The number of nitrogens with zero attached hydrogens (tertiary/aromatic N) is 2. The van der Waals surface area contributed by atoms with Crippen LogP contribution in [-0.4, -0.2) is 16.5 Å². The molecule has 0 amide bonds. The van der Waals surface area contributed by atoms with Crippen molar-refractivity contribution in [3.8, 4) is 0 Å². The summed E-state index contributed by atoms with van der Waals surface area (Å²) in [7, 11) is 0. The highest BCUT2D eigenvalue weighted by Gasteiger charge is 2.10. The van der Waals surface area contributed by atoms with E-state index in [1.165, 1.54) is 6.07 Å². The molecule has 0 bridgehead atoms. The molecule has 1 N–H and O–H groups in total. The third-order valence-corrected chi connectivity index (χ3v) is 1.81. The van der Waals surface area contributed by atoms with Crippen LogP contribution in [0.4, 0.5) is 11.5 Å². The minimum atomic E-state index is -0.425. The predicted molar refractivity (Wildman–Crippen MR) is 54.4 cm³/mol. The molecule has 0 aromatic carbocycles. The fourth-order valence-corrected chi connectivity index (χ4v) is 1.10. The fraction of sp³-hybridized carbons (Fsp3) is 0.444. The summed E-state index contributed by atoms with van der Waals surface area (Å²) >= 11 is 0. The van der Waals surface area contributed by atoms with E-state index in [2.05, 4.69) is 10.3 Å². The van der Waals surface area contributed by atoms with Gasteiger partial charge in [-0.15, -0.1) is 0 Å². The number of hydrogen-bond donors (Lipinski definition) is 1. The van der Waals surface area contributed by atoms with Gasteiger partial charge < -0.3 is 5.32 Å². The van der Waals surface area contributed by atoms with E-state index in [-0.39, 0.29) is 5.69 Å². The Morgan fingerprint density at radius 2 is 2.29 bits per heavy atom. The Bertz CT molecular complexity index is 339. The van der Waals surface area contributed by atoms with Crippen molar-refractivity contribution >= 4 is 11.5 Å². The standard InChI is InChI=1S/C9H13N3O2/c1-3-6-10-9-5-4-8(12(13)14)7(2)11-9/h4-5H,3,6H2,1-2H3,(H,10,11). The number of aryl methyl sites for hydroxylation is 1. The third-order valence-electron chi connectivity index (χ3n) is 1.81. The molecule has 0 unspecified atom stereocenters. The van der Waals surface area contributed by atoms with Crippen molar-refractivity contribution in [2.24, 2.45) is 0 Å². The largest absolute Gasteiger partial charge is 0.370 e. The second kappa shape index (κ2) is 4.55. The first kappa shape index (κ1) is 10.4. The lowest BCUT2D eigenvalue weighted by molar-refractivity contribution is -0.385. The van der Waals surface area contributed by atoms with Gasteiger partial charge in [0.1, 0.15) is 11.5 Å². The minimum absolute atomic E-state index is 0.0621. The number of rotatable bonds is 4. The highest BCUT2D eigenvalue weighted by Crippen LogP contribution is 2.17. The van der Waals surface area contributed by atoms with Crippen molar-refractivity contribution in [3.05, 3.63) is 27.9 Å². The number of nitro groups is 1. The highest BCUT2D eigenvalue weighted by molar-refractivity contribution is 5.44. The van der Waals surface area contributed by atoms with Gasteiger partial charge in [-0.25, -0.2) is 4.98 Å². The molecule has 1 rings (SSSR count). The monoisotopic (exact) mass is 195 g/mol. The molecule has 76 valence electrons. The average Bonchev–Trinajstić information content (AvgIpc) is 2.14. The zero-order valence-electron chi connectivity index (χ0n) is 8.28. The molecule has 0 aliphatic carbocycles. The van der Waals surface area contributed by atoms with E-state index in [1.807, 2.05) is 6.92 Å². The van der Waals surface area contributed by atoms with Crippen molar-refractivity contribution in [3.63, 3.8) is 0 Å². The second-order valence-corrected chi connectivity index (χ2v) is 2.98. The van der Waals surface area contributed by atoms with Crippen molar-refractivity contribution in [1.82, 2.24) is 4.98 Å². The summed E-state index contributed by atoms with van der Waals surface area (Å²) in [6, 6.07) is 3.10. The summed E-state index contributed by atoms with van der Waals surface area (Å²) in [5.74, 6) is 0.690. The van der Waals surface area contributed by atoms with Gasteiger partial charge in [0.05, 0.1) is 4.92 Å². The van der Waals surface area contributed by atoms with Crippen LogP contribution in [0.5, 0.6) is 0 Å². The fourth-order valence-electron chi connectivity index (χ4n) is 1.10. The van der Waals surface area contributed by atoms with Gasteiger partial charge in [-0.05, 0) is 19.4 Å². The van der Waals surface area contributed by atoms with Gasteiger partial charge in [-0.3, -0.25) is 10.1 Å². The van der Waals surface area contributed by atoms with E-state index in [9.17, 15) is 10.1 Å². The number of nitrogens with one attached hydrogen (secondary N) is 1. The molecule has 0 aliphatic heterocycles. The quantitative estimate of drug-likeness (QED) is 0.590. The van der Waals surface area contributed by atoms with Crippen LogP contribution in [0.3, 0.4) is 0 Å². The first-order valence-corrected chi connectivity index (χ1v) is 4.51. The molecule has 5 heteroatoms. The molecule has 1 aromatic rings. The van der Waals surface area contributed by atoms with E-state index >= 15 is 0 Å². The average molecular weight is 195 g/mol. The maximum absolute atomic E-state index is 10.5. The number of anilines is 1. The van der Waals surface area contributed by atoms with Crippen LogP contribution in [0.2, 0.25) is 0 Å². The maximum Gasteiger partial charge on any atom is 0.290 e. The molecule has 0 fully saturated rings. The molecule has 0 saturated heterocycles. The lowest BCUT2D eigenvalue weighted by atomic mass is 10.3. The Labute approximate surface area is 82.3 Å². The van der Waals surface area contributed by atoms with E-state index < -0.39 is 4.92 Å². The van der Waals surface area contributed by atoms with Crippen molar-refractivity contribution in [2.75, 3.05) is 11.9 Å². The lowest BCUT2D eigenvalue weighted by Gasteiger charge is -2.04. The van der Waals surface area contributed by atoms with Crippen LogP contribution in [0.1, 0.15) is 19.0 Å². The molecule has 0 spiro atoms. The van der Waals surface area contributed by atoms with Gasteiger partial charge in [-0.2, -0.15) is 0 Å². The Kier molecular flexibility index (Phi) is 3.39. The lowest BCUT2D eigenvalue weighted by Crippen LogP contribution is -2.03. The smallest absolute Gasteiger partial charge is 0.290 e. The number of pyridine rings is 1. The molecular formula is C9H13N3O2. The van der Waals surface area contributed by atoms with Gasteiger partial charge in [0.15, 0.2) is 0 Å². The molecule has 0 saturated carbocycles. The normalized spacial score (nSPS) is 9.86. The van der Waals surface area contributed by atoms with Crippen molar-refractivity contribution in [1.29, 1.82) is 0 Å².